The number of carbonyl (C=O) groups excluding carboxylic acids is 1. The second-order valence-corrected chi connectivity index (χ2v) is 6.65. The number of rotatable bonds is 13. The molecule has 1 fully saturated rings. The minimum atomic E-state index is -1.14. The van der Waals surface area contributed by atoms with Crippen LogP contribution in [0, 0.1) is 0 Å². The lowest BCUT2D eigenvalue weighted by molar-refractivity contribution is -0.162. The van der Waals surface area contributed by atoms with Gasteiger partial charge in [0, 0.05) is 6.42 Å². The second-order valence-electron chi connectivity index (χ2n) is 6.65. The van der Waals surface area contributed by atoms with E-state index in [4.69, 9.17) is 9.47 Å². The molecule has 6 nitrogen and oxygen atoms in total. The van der Waals surface area contributed by atoms with E-state index in [1.165, 1.54) is 38.5 Å². The van der Waals surface area contributed by atoms with Gasteiger partial charge in [-0.1, -0.05) is 58.3 Å². The number of carbonyl (C=O) groups is 1. The van der Waals surface area contributed by atoms with Crippen LogP contribution < -0.4 is 0 Å². The summed E-state index contributed by atoms with van der Waals surface area (Å²) in [6.07, 6.45) is 6.91. The molecule has 6 heteroatoms. The number of aliphatic hydroxyl groups is 3. The molecule has 1 aliphatic rings. The van der Waals surface area contributed by atoms with Crippen molar-refractivity contribution in [3.8, 4) is 0 Å². The van der Waals surface area contributed by atoms with Crippen molar-refractivity contribution >= 4 is 5.97 Å². The Bertz CT molecular complexity index is 335. The Hall–Kier alpha value is -0.690. The van der Waals surface area contributed by atoms with Crippen LogP contribution in [0.25, 0.3) is 0 Å². The fourth-order valence-corrected chi connectivity index (χ4v) is 2.97. The van der Waals surface area contributed by atoms with Crippen molar-refractivity contribution in [2.75, 3.05) is 13.2 Å². The predicted octanol–water partition coefficient (Wildman–Crippen LogP) is 1.93. The average molecular weight is 346 g/mol. The first-order chi connectivity index (χ1) is 11.6. The van der Waals surface area contributed by atoms with Crippen LogP contribution >= 0.6 is 0 Å². The standard InChI is InChI=1S/C18H34O6/c1-2-3-4-5-6-7-8-9-10-11-16(21)24-15(12-19)18-17(22)14(20)13-23-18/h14-15,17-20,22H,2-13H2,1H3/t14-,15+,17+,18-/m0/s1. The number of unbranched alkanes of at least 4 members (excludes halogenated alkanes) is 8. The van der Waals surface area contributed by atoms with Crippen molar-refractivity contribution in [2.45, 2.75) is 95.5 Å². The molecule has 0 unspecified atom stereocenters. The zero-order valence-electron chi connectivity index (χ0n) is 14.9. The van der Waals surface area contributed by atoms with Gasteiger partial charge in [-0.3, -0.25) is 4.79 Å². The summed E-state index contributed by atoms with van der Waals surface area (Å²) in [6, 6.07) is 0. The molecule has 24 heavy (non-hydrogen) atoms. The maximum Gasteiger partial charge on any atom is 0.306 e. The molecule has 0 bridgehead atoms. The normalized spacial score (nSPS) is 24.9. The number of hydrogen-bond acceptors (Lipinski definition) is 6. The number of esters is 1. The molecule has 0 amide bonds. The van der Waals surface area contributed by atoms with Gasteiger partial charge in [-0.15, -0.1) is 0 Å². The maximum atomic E-state index is 11.8. The summed E-state index contributed by atoms with van der Waals surface area (Å²) in [6.45, 7) is 1.76. The maximum absolute atomic E-state index is 11.8. The summed E-state index contributed by atoms with van der Waals surface area (Å²) in [7, 11) is 0. The van der Waals surface area contributed by atoms with Gasteiger partial charge < -0.3 is 24.8 Å². The first-order valence-electron chi connectivity index (χ1n) is 9.38. The topological polar surface area (TPSA) is 96.2 Å². The highest BCUT2D eigenvalue weighted by atomic mass is 16.6. The van der Waals surface area contributed by atoms with Crippen molar-refractivity contribution < 1.29 is 29.6 Å². The van der Waals surface area contributed by atoms with Crippen LogP contribution in [0.1, 0.15) is 71.1 Å². The van der Waals surface area contributed by atoms with Gasteiger partial charge in [0.05, 0.1) is 13.2 Å². The largest absolute Gasteiger partial charge is 0.457 e. The van der Waals surface area contributed by atoms with Crippen LogP contribution in [-0.2, 0) is 14.3 Å². The summed E-state index contributed by atoms with van der Waals surface area (Å²) in [4.78, 5) is 11.8. The molecule has 0 aliphatic carbocycles. The second kappa shape index (κ2) is 12.6. The van der Waals surface area contributed by atoms with Gasteiger partial charge in [-0.25, -0.2) is 0 Å². The molecular weight excluding hydrogens is 312 g/mol. The molecule has 142 valence electrons. The van der Waals surface area contributed by atoms with E-state index >= 15 is 0 Å². The number of ether oxygens (including phenoxy) is 2. The third-order valence-corrected chi connectivity index (χ3v) is 4.50. The first kappa shape index (κ1) is 21.4. The third-order valence-electron chi connectivity index (χ3n) is 4.50. The molecule has 0 radical (unpaired) electrons. The molecule has 1 aliphatic heterocycles. The van der Waals surface area contributed by atoms with Crippen LogP contribution in [0.4, 0.5) is 0 Å². The molecule has 1 rings (SSSR count). The van der Waals surface area contributed by atoms with E-state index in [0.29, 0.717) is 6.42 Å². The highest BCUT2D eigenvalue weighted by Gasteiger charge is 2.41. The van der Waals surface area contributed by atoms with Gasteiger partial charge in [0.15, 0.2) is 6.10 Å². The molecule has 0 saturated carbocycles. The molecular formula is C18H34O6. The monoisotopic (exact) mass is 346 g/mol. The summed E-state index contributed by atoms with van der Waals surface area (Å²) in [5, 5.41) is 28.5. The van der Waals surface area contributed by atoms with Crippen molar-refractivity contribution in [1.29, 1.82) is 0 Å². The van der Waals surface area contributed by atoms with Gasteiger partial charge in [0.2, 0.25) is 0 Å². The molecule has 3 N–H and O–H groups in total. The van der Waals surface area contributed by atoms with Crippen LogP contribution in [0.15, 0.2) is 0 Å². The minimum absolute atomic E-state index is 0.0157. The van der Waals surface area contributed by atoms with Crippen molar-refractivity contribution in [3.05, 3.63) is 0 Å². The fraction of sp³-hybridized carbons (Fsp3) is 0.944. The van der Waals surface area contributed by atoms with E-state index in [0.717, 1.165) is 19.3 Å². The van der Waals surface area contributed by atoms with Gasteiger partial charge in [-0.2, -0.15) is 0 Å². The highest BCUT2D eigenvalue weighted by Crippen LogP contribution is 2.20. The molecule has 1 heterocycles. The Morgan fingerprint density at radius 1 is 1.08 bits per heavy atom. The van der Waals surface area contributed by atoms with Crippen molar-refractivity contribution in [3.63, 3.8) is 0 Å². The summed E-state index contributed by atoms with van der Waals surface area (Å²) in [5.74, 6) is -0.394. The fourth-order valence-electron chi connectivity index (χ4n) is 2.97. The number of hydrogen-bond donors (Lipinski definition) is 3. The summed E-state index contributed by atoms with van der Waals surface area (Å²) < 4.78 is 10.4. The van der Waals surface area contributed by atoms with Crippen LogP contribution in [0.2, 0.25) is 0 Å². The summed E-state index contributed by atoms with van der Waals surface area (Å²) in [5.41, 5.74) is 0. The molecule has 1 saturated heterocycles. The zero-order valence-corrected chi connectivity index (χ0v) is 14.9. The third kappa shape index (κ3) is 7.92. The Kier molecular flexibility index (Phi) is 11.2. The zero-order chi connectivity index (χ0) is 17.8. The van der Waals surface area contributed by atoms with E-state index in [-0.39, 0.29) is 6.61 Å². The van der Waals surface area contributed by atoms with Gasteiger partial charge in [0.1, 0.15) is 18.3 Å². The Labute approximate surface area is 145 Å². The first-order valence-corrected chi connectivity index (χ1v) is 9.38. The average Bonchev–Trinajstić information content (AvgIpc) is 2.90. The SMILES string of the molecule is CCCCCCCCCCCC(=O)O[C@H](CO)[C@@H]1OC[C@H](O)[C@H]1O. The molecule has 0 spiro atoms. The lowest BCUT2D eigenvalue weighted by atomic mass is 10.1. The molecule has 0 aromatic heterocycles. The van der Waals surface area contributed by atoms with Crippen LogP contribution in [0.5, 0.6) is 0 Å². The van der Waals surface area contributed by atoms with Crippen molar-refractivity contribution in [1.82, 2.24) is 0 Å². The van der Waals surface area contributed by atoms with Crippen LogP contribution in [0.3, 0.4) is 0 Å². The molecule has 0 aromatic rings. The van der Waals surface area contributed by atoms with E-state index in [2.05, 4.69) is 6.92 Å². The van der Waals surface area contributed by atoms with Gasteiger partial charge in [-0.05, 0) is 6.42 Å². The number of aliphatic hydroxyl groups excluding tert-OH is 3. The Morgan fingerprint density at radius 2 is 1.67 bits per heavy atom. The van der Waals surface area contributed by atoms with Gasteiger partial charge >= 0.3 is 5.97 Å². The van der Waals surface area contributed by atoms with E-state index < -0.39 is 37.0 Å². The highest BCUT2D eigenvalue weighted by molar-refractivity contribution is 5.69. The van der Waals surface area contributed by atoms with E-state index in [1.54, 1.807) is 0 Å². The lowest BCUT2D eigenvalue weighted by Crippen LogP contribution is -2.43. The van der Waals surface area contributed by atoms with E-state index in [9.17, 15) is 20.1 Å². The molecule has 4 atom stereocenters. The minimum Gasteiger partial charge on any atom is -0.457 e. The van der Waals surface area contributed by atoms with Crippen molar-refractivity contribution in [2.24, 2.45) is 0 Å². The Balaban J connectivity index is 2.08. The molecule has 0 aromatic carbocycles. The summed E-state index contributed by atoms with van der Waals surface area (Å²) >= 11 is 0. The smallest absolute Gasteiger partial charge is 0.306 e. The predicted molar refractivity (Wildman–Crippen MR) is 90.6 cm³/mol. The Morgan fingerprint density at radius 3 is 2.17 bits per heavy atom. The lowest BCUT2D eigenvalue weighted by Gasteiger charge is -2.24. The van der Waals surface area contributed by atoms with Crippen LogP contribution in [-0.4, -0.2) is 58.9 Å². The van der Waals surface area contributed by atoms with Gasteiger partial charge in [0.25, 0.3) is 0 Å². The quantitative estimate of drug-likeness (QED) is 0.348. The van der Waals surface area contributed by atoms with E-state index in [1.807, 2.05) is 0 Å².